The van der Waals surface area contributed by atoms with Crippen LogP contribution in [0.5, 0.6) is 5.75 Å². The third-order valence-corrected chi connectivity index (χ3v) is 4.23. The SMILES string of the molecule is CC1NCCN(C(=O)CCOc2cccc(Br)c2)C1C. The molecular formula is C15H21BrN2O2. The molecule has 1 amide bonds. The summed E-state index contributed by atoms with van der Waals surface area (Å²) in [6.07, 6.45) is 0.420. The predicted molar refractivity (Wildman–Crippen MR) is 82.9 cm³/mol. The average molecular weight is 341 g/mol. The number of piperazine rings is 1. The predicted octanol–water partition coefficient (Wildman–Crippen LogP) is 2.43. The van der Waals surface area contributed by atoms with Crippen molar-refractivity contribution in [3.63, 3.8) is 0 Å². The summed E-state index contributed by atoms with van der Waals surface area (Å²) in [6.45, 7) is 6.26. The van der Waals surface area contributed by atoms with Gasteiger partial charge < -0.3 is 15.0 Å². The van der Waals surface area contributed by atoms with Crippen LogP contribution in [0, 0.1) is 0 Å². The molecule has 1 aliphatic rings. The van der Waals surface area contributed by atoms with E-state index in [0.717, 1.165) is 23.3 Å². The van der Waals surface area contributed by atoms with Crippen molar-refractivity contribution in [2.75, 3.05) is 19.7 Å². The molecular weight excluding hydrogens is 320 g/mol. The van der Waals surface area contributed by atoms with E-state index in [1.807, 2.05) is 29.2 Å². The molecule has 0 spiro atoms. The van der Waals surface area contributed by atoms with Gasteiger partial charge in [0, 0.05) is 29.6 Å². The summed E-state index contributed by atoms with van der Waals surface area (Å²) in [5.41, 5.74) is 0. The van der Waals surface area contributed by atoms with E-state index in [1.54, 1.807) is 0 Å². The Morgan fingerprint density at radius 3 is 3.05 bits per heavy atom. The monoisotopic (exact) mass is 340 g/mol. The smallest absolute Gasteiger partial charge is 0.226 e. The second-order valence-electron chi connectivity index (χ2n) is 5.13. The topological polar surface area (TPSA) is 41.6 Å². The molecule has 1 saturated heterocycles. The van der Waals surface area contributed by atoms with Gasteiger partial charge in [-0.25, -0.2) is 0 Å². The second kappa shape index (κ2) is 7.09. The summed E-state index contributed by atoms with van der Waals surface area (Å²) >= 11 is 3.40. The fraction of sp³-hybridized carbons (Fsp3) is 0.533. The average Bonchev–Trinajstić information content (AvgIpc) is 2.42. The largest absolute Gasteiger partial charge is 0.493 e. The first kappa shape index (κ1) is 15.3. The maximum Gasteiger partial charge on any atom is 0.226 e. The summed E-state index contributed by atoms with van der Waals surface area (Å²) in [7, 11) is 0. The fourth-order valence-electron chi connectivity index (χ4n) is 2.37. The first-order valence-electron chi connectivity index (χ1n) is 6.99. The lowest BCUT2D eigenvalue weighted by Gasteiger charge is -2.38. The minimum Gasteiger partial charge on any atom is -0.493 e. The summed E-state index contributed by atoms with van der Waals surface area (Å²) in [5, 5.41) is 3.37. The Kier molecular flexibility index (Phi) is 5.43. The Bertz CT molecular complexity index is 467. The van der Waals surface area contributed by atoms with Crippen molar-refractivity contribution in [2.45, 2.75) is 32.4 Å². The van der Waals surface area contributed by atoms with Crippen LogP contribution < -0.4 is 10.1 Å². The lowest BCUT2D eigenvalue weighted by Crippen LogP contribution is -2.57. The first-order valence-corrected chi connectivity index (χ1v) is 7.78. The first-order chi connectivity index (χ1) is 9.58. The quantitative estimate of drug-likeness (QED) is 0.915. The van der Waals surface area contributed by atoms with Crippen LogP contribution in [0.1, 0.15) is 20.3 Å². The minimum absolute atomic E-state index is 0.167. The minimum atomic E-state index is 0.167. The van der Waals surface area contributed by atoms with Crippen LogP contribution in [-0.2, 0) is 4.79 Å². The van der Waals surface area contributed by atoms with Crippen LogP contribution in [0.4, 0.5) is 0 Å². The number of carbonyl (C=O) groups excluding carboxylic acids is 1. The number of amides is 1. The van der Waals surface area contributed by atoms with Crippen molar-refractivity contribution in [2.24, 2.45) is 0 Å². The number of rotatable bonds is 4. The zero-order valence-electron chi connectivity index (χ0n) is 11.9. The Labute approximate surface area is 128 Å². The molecule has 1 aliphatic heterocycles. The van der Waals surface area contributed by atoms with E-state index >= 15 is 0 Å². The van der Waals surface area contributed by atoms with Crippen LogP contribution in [0.15, 0.2) is 28.7 Å². The Morgan fingerprint density at radius 1 is 1.50 bits per heavy atom. The molecule has 2 atom stereocenters. The van der Waals surface area contributed by atoms with Crippen LogP contribution in [0.25, 0.3) is 0 Å². The van der Waals surface area contributed by atoms with Crippen molar-refractivity contribution in [1.29, 1.82) is 0 Å². The molecule has 0 bridgehead atoms. The standard InChI is InChI=1S/C15H21BrN2O2/c1-11-12(2)18(8-7-17-11)15(19)6-9-20-14-5-3-4-13(16)10-14/h3-5,10-12,17H,6-9H2,1-2H3. The van der Waals surface area contributed by atoms with Gasteiger partial charge >= 0.3 is 0 Å². The number of hydrogen-bond acceptors (Lipinski definition) is 3. The molecule has 0 aromatic heterocycles. The molecule has 1 N–H and O–H groups in total. The summed E-state index contributed by atoms with van der Waals surface area (Å²) in [5.74, 6) is 0.953. The fourth-order valence-corrected chi connectivity index (χ4v) is 2.74. The number of halogens is 1. The molecule has 4 nitrogen and oxygen atoms in total. The molecule has 110 valence electrons. The van der Waals surface area contributed by atoms with Crippen molar-refractivity contribution < 1.29 is 9.53 Å². The second-order valence-corrected chi connectivity index (χ2v) is 6.04. The van der Waals surface area contributed by atoms with Gasteiger partial charge in [0.1, 0.15) is 5.75 Å². The van der Waals surface area contributed by atoms with E-state index in [9.17, 15) is 4.79 Å². The molecule has 2 rings (SSSR count). The van der Waals surface area contributed by atoms with E-state index in [-0.39, 0.29) is 11.9 Å². The number of hydrogen-bond donors (Lipinski definition) is 1. The lowest BCUT2D eigenvalue weighted by atomic mass is 10.1. The highest BCUT2D eigenvalue weighted by Crippen LogP contribution is 2.18. The highest BCUT2D eigenvalue weighted by Gasteiger charge is 2.27. The summed E-state index contributed by atoms with van der Waals surface area (Å²) in [4.78, 5) is 14.2. The zero-order chi connectivity index (χ0) is 14.5. The Balaban J connectivity index is 1.80. The van der Waals surface area contributed by atoms with Gasteiger partial charge in [-0.1, -0.05) is 22.0 Å². The van der Waals surface area contributed by atoms with E-state index in [0.29, 0.717) is 19.1 Å². The molecule has 2 unspecified atom stereocenters. The van der Waals surface area contributed by atoms with Crippen molar-refractivity contribution in [3.05, 3.63) is 28.7 Å². The number of benzene rings is 1. The highest BCUT2D eigenvalue weighted by molar-refractivity contribution is 9.10. The van der Waals surface area contributed by atoms with Crippen LogP contribution in [0.2, 0.25) is 0 Å². The number of ether oxygens (including phenoxy) is 1. The van der Waals surface area contributed by atoms with E-state index < -0.39 is 0 Å². The molecule has 1 aromatic carbocycles. The lowest BCUT2D eigenvalue weighted by molar-refractivity contribution is -0.135. The molecule has 0 radical (unpaired) electrons. The van der Waals surface area contributed by atoms with Gasteiger partial charge in [0.25, 0.3) is 0 Å². The third kappa shape index (κ3) is 3.96. The van der Waals surface area contributed by atoms with Gasteiger partial charge in [0.2, 0.25) is 5.91 Å². The molecule has 5 heteroatoms. The molecule has 1 heterocycles. The maximum absolute atomic E-state index is 12.2. The Morgan fingerprint density at radius 2 is 2.30 bits per heavy atom. The van der Waals surface area contributed by atoms with E-state index in [2.05, 4.69) is 35.1 Å². The van der Waals surface area contributed by atoms with Crippen molar-refractivity contribution in [1.82, 2.24) is 10.2 Å². The van der Waals surface area contributed by atoms with Crippen molar-refractivity contribution >= 4 is 21.8 Å². The molecule has 0 saturated carbocycles. The number of nitrogens with zero attached hydrogens (tertiary/aromatic N) is 1. The molecule has 1 aromatic rings. The summed E-state index contributed by atoms with van der Waals surface area (Å²) < 4.78 is 6.59. The summed E-state index contributed by atoms with van der Waals surface area (Å²) in [6, 6.07) is 8.24. The van der Waals surface area contributed by atoms with Gasteiger partial charge in [-0.2, -0.15) is 0 Å². The Hall–Kier alpha value is -1.07. The van der Waals surface area contributed by atoms with Gasteiger partial charge in [-0.05, 0) is 32.0 Å². The van der Waals surface area contributed by atoms with E-state index in [4.69, 9.17) is 4.74 Å². The third-order valence-electron chi connectivity index (χ3n) is 3.74. The highest BCUT2D eigenvalue weighted by atomic mass is 79.9. The molecule has 1 fully saturated rings. The maximum atomic E-state index is 12.2. The van der Waals surface area contributed by atoms with Crippen LogP contribution >= 0.6 is 15.9 Å². The molecule has 0 aliphatic carbocycles. The van der Waals surface area contributed by atoms with Gasteiger partial charge in [0.05, 0.1) is 13.0 Å². The van der Waals surface area contributed by atoms with Crippen LogP contribution in [0.3, 0.4) is 0 Å². The zero-order valence-corrected chi connectivity index (χ0v) is 13.5. The van der Waals surface area contributed by atoms with E-state index in [1.165, 1.54) is 0 Å². The number of nitrogens with one attached hydrogen (secondary N) is 1. The number of carbonyl (C=O) groups is 1. The van der Waals surface area contributed by atoms with Gasteiger partial charge in [0.15, 0.2) is 0 Å². The van der Waals surface area contributed by atoms with Gasteiger partial charge in [-0.3, -0.25) is 4.79 Å². The van der Waals surface area contributed by atoms with Crippen LogP contribution in [-0.4, -0.2) is 42.6 Å². The molecule has 20 heavy (non-hydrogen) atoms. The van der Waals surface area contributed by atoms with Gasteiger partial charge in [-0.15, -0.1) is 0 Å². The van der Waals surface area contributed by atoms with Crippen molar-refractivity contribution in [3.8, 4) is 5.75 Å². The normalized spacial score (nSPS) is 22.6.